The van der Waals surface area contributed by atoms with Gasteiger partial charge in [-0.15, -0.1) is 11.3 Å². The van der Waals surface area contributed by atoms with Gasteiger partial charge in [-0.1, -0.05) is 36.4 Å². The third kappa shape index (κ3) is 5.04. The van der Waals surface area contributed by atoms with Crippen molar-refractivity contribution in [1.82, 2.24) is 9.91 Å². The second kappa shape index (κ2) is 9.54. The number of carbonyl (C=O) groups is 2. The lowest BCUT2D eigenvalue weighted by atomic mass is 10.1. The maximum absolute atomic E-state index is 12.9. The molecule has 30 heavy (non-hydrogen) atoms. The molecule has 0 aliphatic carbocycles. The summed E-state index contributed by atoms with van der Waals surface area (Å²) in [7, 11) is 0. The standard InChI is InChI=1S/C23H23N3O3S/c27-22(25(16-19-8-4-14-29-19)17-20-9-5-15-30-20)10-11-23(28)26-13-12-21(24-26)18-6-2-1-3-7-18/h1-9,14-15H,10-13,16-17H2. The summed E-state index contributed by atoms with van der Waals surface area (Å²) >= 11 is 1.61. The molecule has 0 saturated heterocycles. The van der Waals surface area contributed by atoms with Gasteiger partial charge in [-0.25, -0.2) is 5.01 Å². The average Bonchev–Trinajstić information content (AvgIpc) is 3.55. The van der Waals surface area contributed by atoms with Gasteiger partial charge in [-0.05, 0) is 29.1 Å². The number of nitrogens with zero attached hydrogens (tertiary/aromatic N) is 3. The Morgan fingerprint density at radius 1 is 1.03 bits per heavy atom. The lowest BCUT2D eigenvalue weighted by Gasteiger charge is -2.21. The Balaban J connectivity index is 1.35. The number of furan rings is 1. The molecule has 0 atom stereocenters. The van der Waals surface area contributed by atoms with E-state index in [4.69, 9.17) is 4.42 Å². The van der Waals surface area contributed by atoms with Crippen molar-refractivity contribution in [3.63, 3.8) is 0 Å². The van der Waals surface area contributed by atoms with Gasteiger partial charge in [0.25, 0.3) is 0 Å². The van der Waals surface area contributed by atoms with Crippen molar-refractivity contribution in [2.45, 2.75) is 32.4 Å². The minimum Gasteiger partial charge on any atom is -0.467 e. The molecule has 0 bridgehead atoms. The number of hydrazone groups is 1. The molecule has 7 heteroatoms. The second-order valence-electron chi connectivity index (χ2n) is 7.09. The van der Waals surface area contributed by atoms with Crippen molar-refractivity contribution in [2.24, 2.45) is 5.10 Å². The highest BCUT2D eigenvalue weighted by Gasteiger charge is 2.23. The lowest BCUT2D eigenvalue weighted by Crippen LogP contribution is -2.31. The molecule has 0 radical (unpaired) electrons. The van der Waals surface area contributed by atoms with E-state index >= 15 is 0 Å². The molecule has 1 aliphatic rings. The topological polar surface area (TPSA) is 66.1 Å². The number of thiophene rings is 1. The molecule has 0 N–H and O–H groups in total. The van der Waals surface area contributed by atoms with Crippen molar-refractivity contribution in [1.29, 1.82) is 0 Å². The summed E-state index contributed by atoms with van der Waals surface area (Å²) in [6.07, 6.45) is 2.62. The first-order chi connectivity index (χ1) is 14.7. The van der Waals surface area contributed by atoms with E-state index in [2.05, 4.69) is 5.10 Å². The van der Waals surface area contributed by atoms with Crippen LogP contribution in [-0.4, -0.2) is 34.0 Å². The highest BCUT2D eigenvalue weighted by atomic mass is 32.1. The van der Waals surface area contributed by atoms with E-state index in [1.807, 2.05) is 60.0 Å². The summed E-state index contributed by atoms with van der Waals surface area (Å²) in [4.78, 5) is 28.3. The van der Waals surface area contributed by atoms with Crippen LogP contribution in [0.1, 0.15) is 35.5 Å². The van der Waals surface area contributed by atoms with Crippen molar-refractivity contribution < 1.29 is 14.0 Å². The molecule has 2 aromatic heterocycles. The van der Waals surface area contributed by atoms with E-state index in [0.717, 1.165) is 28.3 Å². The number of hydrogen-bond acceptors (Lipinski definition) is 5. The zero-order valence-corrected chi connectivity index (χ0v) is 17.4. The Hall–Kier alpha value is -3.19. The van der Waals surface area contributed by atoms with Crippen LogP contribution in [0, 0.1) is 0 Å². The van der Waals surface area contributed by atoms with Crippen LogP contribution in [0.4, 0.5) is 0 Å². The average molecular weight is 422 g/mol. The van der Waals surface area contributed by atoms with Gasteiger partial charge in [0.1, 0.15) is 5.76 Å². The predicted molar refractivity (Wildman–Crippen MR) is 116 cm³/mol. The number of rotatable bonds is 8. The third-order valence-corrected chi connectivity index (χ3v) is 5.82. The highest BCUT2D eigenvalue weighted by molar-refractivity contribution is 7.09. The van der Waals surface area contributed by atoms with E-state index in [0.29, 0.717) is 19.6 Å². The van der Waals surface area contributed by atoms with Crippen LogP contribution in [0.25, 0.3) is 0 Å². The van der Waals surface area contributed by atoms with Gasteiger partial charge in [0.15, 0.2) is 0 Å². The van der Waals surface area contributed by atoms with E-state index in [9.17, 15) is 9.59 Å². The zero-order chi connectivity index (χ0) is 20.8. The Bertz CT molecular complexity index is 962. The fourth-order valence-electron chi connectivity index (χ4n) is 3.39. The van der Waals surface area contributed by atoms with Crippen LogP contribution in [-0.2, 0) is 22.7 Å². The molecule has 0 fully saturated rings. The molecule has 2 amide bonds. The Morgan fingerprint density at radius 3 is 2.63 bits per heavy atom. The van der Waals surface area contributed by atoms with Crippen LogP contribution in [0.2, 0.25) is 0 Å². The van der Waals surface area contributed by atoms with Crippen molar-refractivity contribution in [3.05, 3.63) is 82.4 Å². The quantitative estimate of drug-likeness (QED) is 0.545. The first-order valence-corrected chi connectivity index (χ1v) is 10.8. The first kappa shape index (κ1) is 20.1. The van der Waals surface area contributed by atoms with E-state index in [1.54, 1.807) is 22.5 Å². The lowest BCUT2D eigenvalue weighted by molar-refractivity contribution is -0.137. The summed E-state index contributed by atoms with van der Waals surface area (Å²) < 4.78 is 5.41. The molecule has 0 spiro atoms. The number of benzene rings is 1. The molecule has 4 rings (SSSR count). The summed E-state index contributed by atoms with van der Waals surface area (Å²) in [5.41, 5.74) is 1.94. The molecule has 3 heterocycles. The van der Waals surface area contributed by atoms with E-state index in [1.165, 1.54) is 5.01 Å². The van der Waals surface area contributed by atoms with Crippen molar-refractivity contribution in [3.8, 4) is 0 Å². The molecule has 6 nitrogen and oxygen atoms in total. The number of amides is 2. The van der Waals surface area contributed by atoms with Gasteiger partial charge in [-0.2, -0.15) is 5.10 Å². The minimum atomic E-state index is -0.122. The third-order valence-electron chi connectivity index (χ3n) is 4.96. The molecule has 0 saturated carbocycles. The van der Waals surface area contributed by atoms with Gasteiger partial charge < -0.3 is 9.32 Å². The molecule has 3 aromatic rings. The van der Waals surface area contributed by atoms with Crippen LogP contribution >= 0.6 is 11.3 Å². The van der Waals surface area contributed by atoms with E-state index < -0.39 is 0 Å². The largest absolute Gasteiger partial charge is 0.467 e. The smallest absolute Gasteiger partial charge is 0.243 e. The van der Waals surface area contributed by atoms with Crippen molar-refractivity contribution in [2.75, 3.05) is 6.54 Å². The summed E-state index contributed by atoms with van der Waals surface area (Å²) in [6.45, 7) is 1.45. The van der Waals surface area contributed by atoms with Gasteiger partial charge >= 0.3 is 0 Å². The first-order valence-electron chi connectivity index (χ1n) is 9.95. The Kier molecular flexibility index (Phi) is 6.39. The van der Waals surface area contributed by atoms with Gasteiger partial charge in [0, 0.05) is 24.1 Å². The number of hydrogen-bond donors (Lipinski definition) is 0. The predicted octanol–water partition coefficient (Wildman–Crippen LogP) is 4.29. The molecule has 1 aromatic carbocycles. The SMILES string of the molecule is O=C(CCC(=O)N1CCC(c2ccccc2)=N1)N(Cc1ccco1)Cc1cccs1. The maximum atomic E-state index is 12.9. The highest BCUT2D eigenvalue weighted by Crippen LogP contribution is 2.18. The molecular formula is C23H23N3O3S. The van der Waals surface area contributed by atoms with Crippen LogP contribution in [0.5, 0.6) is 0 Å². The maximum Gasteiger partial charge on any atom is 0.243 e. The second-order valence-corrected chi connectivity index (χ2v) is 8.12. The number of carbonyl (C=O) groups excluding carboxylic acids is 2. The Labute approximate surface area is 179 Å². The fraction of sp³-hybridized carbons (Fsp3) is 0.261. The van der Waals surface area contributed by atoms with Gasteiger partial charge in [0.05, 0.1) is 31.6 Å². The normalized spacial score (nSPS) is 13.3. The van der Waals surface area contributed by atoms with Gasteiger partial charge in [0.2, 0.25) is 11.8 Å². The monoisotopic (exact) mass is 421 g/mol. The van der Waals surface area contributed by atoms with E-state index in [-0.39, 0.29) is 24.7 Å². The van der Waals surface area contributed by atoms with Gasteiger partial charge in [-0.3, -0.25) is 9.59 Å². The summed E-state index contributed by atoms with van der Waals surface area (Å²) in [6, 6.07) is 17.5. The van der Waals surface area contributed by atoms with Crippen LogP contribution in [0.3, 0.4) is 0 Å². The molecule has 154 valence electrons. The van der Waals surface area contributed by atoms with Crippen LogP contribution < -0.4 is 0 Å². The van der Waals surface area contributed by atoms with Crippen LogP contribution in [0.15, 0.2) is 75.8 Å². The minimum absolute atomic E-state index is 0.0698. The molecule has 0 unspecified atom stereocenters. The van der Waals surface area contributed by atoms with Crippen molar-refractivity contribution >= 4 is 28.9 Å². The summed E-state index contributed by atoms with van der Waals surface area (Å²) in [5, 5.41) is 7.95. The zero-order valence-electron chi connectivity index (χ0n) is 16.6. The fourth-order valence-corrected chi connectivity index (χ4v) is 4.10. The molecule has 1 aliphatic heterocycles. The Morgan fingerprint density at radius 2 is 1.90 bits per heavy atom. The summed E-state index contributed by atoms with van der Waals surface area (Å²) in [5.74, 6) is 0.533. The molecular weight excluding hydrogens is 398 g/mol.